The van der Waals surface area contributed by atoms with Crippen molar-refractivity contribution in [2.45, 2.75) is 37.9 Å². The minimum atomic E-state index is -1.56. The number of aliphatic carboxylic acids is 2. The zero-order chi connectivity index (χ0) is 20.4. The van der Waals surface area contributed by atoms with Gasteiger partial charge in [0.1, 0.15) is 18.6 Å². The highest BCUT2D eigenvalue weighted by molar-refractivity contribution is 5.95. The minimum absolute atomic E-state index is 0.445. The highest BCUT2D eigenvalue weighted by atomic mass is 16.4. The molecule has 0 saturated carbocycles. The van der Waals surface area contributed by atoms with Gasteiger partial charge in [0, 0.05) is 0 Å². The van der Waals surface area contributed by atoms with Crippen LogP contribution in [0.25, 0.3) is 0 Å². The molecule has 0 heterocycles. The van der Waals surface area contributed by atoms with Gasteiger partial charge in [-0.3, -0.25) is 28.8 Å². The monoisotopic (exact) mass is 375 g/mol. The lowest BCUT2D eigenvalue weighted by Crippen LogP contribution is -2.55. The van der Waals surface area contributed by atoms with Crippen LogP contribution < -0.4 is 27.4 Å². The minimum Gasteiger partial charge on any atom is -0.481 e. The van der Waals surface area contributed by atoms with Crippen LogP contribution in [0.3, 0.4) is 0 Å². The van der Waals surface area contributed by atoms with Gasteiger partial charge in [-0.15, -0.1) is 0 Å². The Bertz CT molecular complexity index is 593. The van der Waals surface area contributed by atoms with Gasteiger partial charge in [-0.05, 0) is 6.92 Å². The van der Waals surface area contributed by atoms with Gasteiger partial charge in [-0.2, -0.15) is 0 Å². The van der Waals surface area contributed by atoms with E-state index in [1.165, 1.54) is 6.92 Å². The summed E-state index contributed by atoms with van der Waals surface area (Å²) in [6.45, 7) is 0.469. The maximum atomic E-state index is 12.0. The Kier molecular flexibility index (Phi) is 9.29. The highest BCUT2D eigenvalue weighted by Crippen LogP contribution is 1.96. The number of rotatable bonds is 11. The summed E-state index contributed by atoms with van der Waals surface area (Å²) in [5.74, 6) is -6.38. The van der Waals surface area contributed by atoms with Crippen LogP contribution in [0.4, 0.5) is 0 Å². The quantitative estimate of drug-likeness (QED) is 0.185. The molecule has 4 amide bonds. The SMILES string of the molecule is CC(NC(=O)C(N)CC(N)=O)C(=O)NC(CC(=O)O)C(=O)NCC(=O)O. The molecule has 0 radical (unpaired) electrons. The molecule has 0 rings (SSSR count). The second kappa shape index (κ2) is 10.6. The fraction of sp³-hybridized carbons (Fsp3) is 0.538. The largest absolute Gasteiger partial charge is 0.481 e. The smallest absolute Gasteiger partial charge is 0.322 e. The van der Waals surface area contributed by atoms with Gasteiger partial charge in [0.25, 0.3) is 0 Å². The Hall–Kier alpha value is -3.22. The van der Waals surface area contributed by atoms with Crippen LogP contribution in [0.1, 0.15) is 19.8 Å². The molecule has 0 aliphatic carbocycles. The molecule has 146 valence electrons. The lowest BCUT2D eigenvalue weighted by Gasteiger charge is -2.20. The van der Waals surface area contributed by atoms with E-state index in [9.17, 15) is 28.8 Å². The Morgan fingerprint density at radius 2 is 1.46 bits per heavy atom. The summed E-state index contributed by atoms with van der Waals surface area (Å²) in [5.41, 5.74) is 10.3. The van der Waals surface area contributed by atoms with Crippen LogP contribution in [-0.4, -0.2) is 70.5 Å². The van der Waals surface area contributed by atoms with Crippen molar-refractivity contribution >= 4 is 35.6 Å². The highest BCUT2D eigenvalue weighted by Gasteiger charge is 2.27. The third-order valence-corrected chi connectivity index (χ3v) is 2.94. The number of nitrogens with two attached hydrogens (primary N) is 2. The molecule has 0 aliphatic heterocycles. The number of amides is 4. The second-order valence-corrected chi connectivity index (χ2v) is 5.28. The van der Waals surface area contributed by atoms with Crippen LogP contribution in [0.15, 0.2) is 0 Å². The number of carbonyl (C=O) groups excluding carboxylic acids is 4. The van der Waals surface area contributed by atoms with E-state index in [1.807, 2.05) is 5.32 Å². The number of carbonyl (C=O) groups is 6. The molecule has 0 aromatic carbocycles. The number of primary amides is 1. The normalized spacial score (nSPS) is 13.6. The second-order valence-electron chi connectivity index (χ2n) is 5.28. The van der Waals surface area contributed by atoms with Gasteiger partial charge in [-0.1, -0.05) is 0 Å². The van der Waals surface area contributed by atoms with E-state index in [4.69, 9.17) is 21.7 Å². The molecule has 13 heteroatoms. The summed E-state index contributed by atoms with van der Waals surface area (Å²) >= 11 is 0. The van der Waals surface area contributed by atoms with Crippen molar-refractivity contribution in [3.8, 4) is 0 Å². The molecule has 0 saturated heterocycles. The number of carboxylic acid groups (broad SMARTS) is 2. The molecule has 9 N–H and O–H groups in total. The molecular formula is C13H21N5O8. The standard InChI is InChI=1S/C13H21N5O8/c1-5(17-12(25)6(14)2-8(15)19)11(24)18-7(3-9(20)21)13(26)16-4-10(22)23/h5-7H,2-4,14H2,1H3,(H2,15,19)(H,16,26)(H,17,25)(H,18,24)(H,20,21)(H,22,23). The Morgan fingerprint density at radius 3 is 1.92 bits per heavy atom. The van der Waals surface area contributed by atoms with E-state index < -0.39 is 73.1 Å². The average molecular weight is 375 g/mol. The van der Waals surface area contributed by atoms with Crippen molar-refractivity contribution in [2.75, 3.05) is 6.54 Å². The van der Waals surface area contributed by atoms with Crippen molar-refractivity contribution in [1.82, 2.24) is 16.0 Å². The number of hydrogen-bond donors (Lipinski definition) is 7. The molecule has 26 heavy (non-hydrogen) atoms. The fourth-order valence-electron chi connectivity index (χ4n) is 1.66. The molecule has 0 aromatic heterocycles. The molecular weight excluding hydrogens is 354 g/mol. The van der Waals surface area contributed by atoms with Gasteiger partial charge < -0.3 is 37.6 Å². The summed E-state index contributed by atoms with van der Waals surface area (Å²) in [5, 5.41) is 23.5. The van der Waals surface area contributed by atoms with Crippen molar-refractivity contribution in [2.24, 2.45) is 11.5 Å². The van der Waals surface area contributed by atoms with Crippen LogP contribution in [0.2, 0.25) is 0 Å². The lowest BCUT2D eigenvalue weighted by atomic mass is 10.1. The summed E-state index contributed by atoms with van der Waals surface area (Å²) in [6, 6.07) is -4.06. The first-order chi connectivity index (χ1) is 11.9. The number of hydrogen-bond acceptors (Lipinski definition) is 7. The van der Waals surface area contributed by atoms with E-state index in [0.717, 1.165) is 0 Å². The first-order valence-electron chi connectivity index (χ1n) is 7.30. The van der Waals surface area contributed by atoms with Crippen LogP contribution in [0.5, 0.6) is 0 Å². The third-order valence-electron chi connectivity index (χ3n) is 2.94. The van der Waals surface area contributed by atoms with Gasteiger partial charge in [-0.25, -0.2) is 0 Å². The lowest BCUT2D eigenvalue weighted by molar-refractivity contribution is -0.141. The molecule has 0 spiro atoms. The first kappa shape index (κ1) is 22.8. The number of nitrogens with one attached hydrogen (secondary N) is 3. The Balaban J connectivity index is 4.82. The van der Waals surface area contributed by atoms with Gasteiger partial charge in [0.05, 0.1) is 18.9 Å². The maximum Gasteiger partial charge on any atom is 0.322 e. The topological polar surface area (TPSA) is 231 Å². The Morgan fingerprint density at radius 1 is 0.885 bits per heavy atom. The van der Waals surface area contributed by atoms with E-state index in [1.54, 1.807) is 0 Å². The van der Waals surface area contributed by atoms with Crippen molar-refractivity contribution in [3.63, 3.8) is 0 Å². The van der Waals surface area contributed by atoms with Crippen molar-refractivity contribution < 1.29 is 39.0 Å². The maximum absolute atomic E-state index is 12.0. The molecule has 3 atom stereocenters. The third kappa shape index (κ3) is 9.17. The molecule has 0 fully saturated rings. The van der Waals surface area contributed by atoms with Gasteiger partial charge in [0.2, 0.25) is 23.6 Å². The molecule has 0 aliphatic rings. The molecule has 0 bridgehead atoms. The Labute approximate surface area is 147 Å². The van der Waals surface area contributed by atoms with E-state index >= 15 is 0 Å². The zero-order valence-corrected chi connectivity index (χ0v) is 13.9. The van der Waals surface area contributed by atoms with Crippen LogP contribution in [0, 0.1) is 0 Å². The predicted octanol–water partition coefficient (Wildman–Crippen LogP) is -4.15. The van der Waals surface area contributed by atoms with E-state index in [0.29, 0.717) is 0 Å². The fourth-order valence-corrected chi connectivity index (χ4v) is 1.66. The van der Waals surface area contributed by atoms with Crippen molar-refractivity contribution in [3.05, 3.63) is 0 Å². The summed E-state index contributed by atoms with van der Waals surface area (Å²) in [4.78, 5) is 67.4. The molecule has 0 aromatic rings. The summed E-state index contributed by atoms with van der Waals surface area (Å²) in [6.07, 6.45) is -1.25. The van der Waals surface area contributed by atoms with Crippen molar-refractivity contribution in [1.29, 1.82) is 0 Å². The first-order valence-corrected chi connectivity index (χ1v) is 7.30. The van der Waals surface area contributed by atoms with Gasteiger partial charge in [0.15, 0.2) is 0 Å². The summed E-state index contributed by atoms with van der Waals surface area (Å²) < 4.78 is 0. The number of carboxylic acids is 2. The van der Waals surface area contributed by atoms with Crippen LogP contribution >= 0.6 is 0 Å². The molecule has 13 nitrogen and oxygen atoms in total. The zero-order valence-electron chi connectivity index (χ0n) is 13.9. The van der Waals surface area contributed by atoms with Crippen LogP contribution in [-0.2, 0) is 28.8 Å². The predicted molar refractivity (Wildman–Crippen MR) is 84.2 cm³/mol. The molecule has 3 unspecified atom stereocenters. The average Bonchev–Trinajstić information content (AvgIpc) is 2.50. The summed E-state index contributed by atoms with van der Waals surface area (Å²) in [7, 11) is 0. The van der Waals surface area contributed by atoms with E-state index in [2.05, 4.69) is 10.6 Å². The van der Waals surface area contributed by atoms with Gasteiger partial charge >= 0.3 is 11.9 Å². The van der Waals surface area contributed by atoms with E-state index in [-0.39, 0.29) is 0 Å².